The summed E-state index contributed by atoms with van der Waals surface area (Å²) in [5.74, 6) is 0.543. The summed E-state index contributed by atoms with van der Waals surface area (Å²) in [5, 5.41) is 17.0. The molecule has 0 bridgehead atoms. The maximum Gasteiger partial charge on any atom is 0.307 e. The zero-order valence-corrected chi connectivity index (χ0v) is 12.8. The third kappa shape index (κ3) is 4.34. The van der Waals surface area contributed by atoms with Gasteiger partial charge in [0.25, 0.3) is 0 Å². The lowest BCUT2D eigenvalue weighted by molar-refractivity contribution is -0.385. The fraction of sp³-hybridized carbons (Fsp3) is 0.0667. The summed E-state index contributed by atoms with van der Waals surface area (Å²) in [4.78, 5) is 29.8. The standard InChI is InChI=1S/C15H12N6O4/c22-14(10-20-9-12(7-18-20)21(23)24)19-11-1-3-13(4-2-11)25-15-8-16-5-6-17-15/h1-9H,10H2,(H,19,22). The minimum absolute atomic E-state index is 0.133. The molecule has 10 heteroatoms. The van der Waals surface area contributed by atoms with Gasteiger partial charge in [0.05, 0.1) is 11.1 Å². The lowest BCUT2D eigenvalue weighted by Gasteiger charge is -2.07. The van der Waals surface area contributed by atoms with Gasteiger partial charge < -0.3 is 10.1 Å². The molecule has 25 heavy (non-hydrogen) atoms. The number of ether oxygens (including phenoxy) is 1. The summed E-state index contributed by atoms with van der Waals surface area (Å²) >= 11 is 0. The summed E-state index contributed by atoms with van der Waals surface area (Å²) in [6.45, 7) is -0.133. The number of benzene rings is 1. The molecule has 1 N–H and O–H groups in total. The Hall–Kier alpha value is -3.82. The van der Waals surface area contributed by atoms with E-state index in [0.717, 1.165) is 6.20 Å². The van der Waals surface area contributed by atoms with E-state index in [1.54, 1.807) is 30.5 Å². The third-order valence-corrected chi connectivity index (χ3v) is 3.04. The van der Waals surface area contributed by atoms with E-state index in [0.29, 0.717) is 17.3 Å². The van der Waals surface area contributed by atoms with E-state index in [4.69, 9.17) is 4.74 Å². The Balaban J connectivity index is 1.57. The molecule has 0 saturated heterocycles. The molecule has 2 aromatic heterocycles. The number of anilines is 1. The van der Waals surface area contributed by atoms with Crippen molar-refractivity contribution in [2.75, 3.05) is 5.32 Å². The summed E-state index contributed by atoms with van der Waals surface area (Å²) in [7, 11) is 0. The molecule has 0 aliphatic heterocycles. The topological polar surface area (TPSA) is 125 Å². The van der Waals surface area contributed by atoms with Crippen molar-refractivity contribution in [2.45, 2.75) is 6.54 Å². The molecule has 10 nitrogen and oxygen atoms in total. The molecule has 0 saturated carbocycles. The number of carbonyl (C=O) groups is 1. The molecule has 3 rings (SSSR count). The van der Waals surface area contributed by atoms with E-state index < -0.39 is 4.92 Å². The first kappa shape index (κ1) is 16.1. The van der Waals surface area contributed by atoms with Crippen LogP contribution in [-0.4, -0.2) is 30.6 Å². The fourth-order valence-electron chi connectivity index (χ4n) is 1.95. The zero-order valence-electron chi connectivity index (χ0n) is 12.8. The van der Waals surface area contributed by atoms with Crippen molar-refractivity contribution in [1.29, 1.82) is 0 Å². The Kier molecular flexibility index (Phi) is 4.60. The van der Waals surface area contributed by atoms with Crippen molar-refractivity contribution in [3.63, 3.8) is 0 Å². The first-order chi connectivity index (χ1) is 12.1. The van der Waals surface area contributed by atoms with Crippen LogP contribution in [0.1, 0.15) is 0 Å². The van der Waals surface area contributed by atoms with Gasteiger partial charge in [-0.05, 0) is 24.3 Å². The predicted octanol–water partition coefficient (Wildman–Crippen LogP) is 2.01. The van der Waals surface area contributed by atoms with Gasteiger partial charge in [-0.2, -0.15) is 5.10 Å². The molecule has 0 radical (unpaired) electrons. The van der Waals surface area contributed by atoms with Gasteiger partial charge in [0.2, 0.25) is 11.8 Å². The molecule has 126 valence electrons. The smallest absolute Gasteiger partial charge is 0.307 e. The summed E-state index contributed by atoms with van der Waals surface area (Å²) in [6, 6.07) is 6.66. The number of hydrogen-bond acceptors (Lipinski definition) is 7. The number of carbonyl (C=O) groups excluding carboxylic acids is 1. The number of rotatable bonds is 6. The lowest BCUT2D eigenvalue weighted by atomic mass is 10.3. The maximum atomic E-state index is 11.9. The molecule has 1 amide bonds. The van der Waals surface area contributed by atoms with Crippen LogP contribution in [0.15, 0.2) is 55.2 Å². The predicted molar refractivity (Wildman–Crippen MR) is 86.1 cm³/mol. The summed E-state index contributed by atoms with van der Waals surface area (Å²) in [5.41, 5.74) is 0.386. The molecule has 0 aliphatic rings. The SMILES string of the molecule is O=C(Cn1cc([N+](=O)[O-])cn1)Nc1ccc(Oc2cnccn2)cc1. The highest BCUT2D eigenvalue weighted by Crippen LogP contribution is 2.20. The number of aromatic nitrogens is 4. The van der Waals surface area contributed by atoms with Crippen LogP contribution < -0.4 is 10.1 Å². The number of nitrogens with zero attached hydrogens (tertiary/aromatic N) is 5. The number of nitrogens with one attached hydrogen (secondary N) is 1. The summed E-state index contributed by atoms with van der Waals surface area (Å²) in [6.07, 6.45) is 6.82. The largest absolute Gasteiger partial charge is 0.438 e. The van der Waals surface area contributed by atoms with E-state index in [2.05, 4.69) is 20.4 Å². The Labute approximate surface area is 141 Å². The van der Waals surface area contributed by atoms with Gasteiger partial charge in [0.15, 0.2) is 0 Å². The van der Waals surface area contributed by atoms with Crippen molar-refractivity contribution in [3.8, 4) is 11.6 Å². The third-order valence-electron chi connectivity index (χ3n) is 3.04. The number of amides is 1. The molecule has 0 atom stereocenters. The molecule has 0 spiro atoms. The Morgan fingerprint density at radius 1 is 1.24 bits per heavy atom. The first-order valence-corrected chi connectivity index (χ1v) is 7.11. The number of nitro groups is 1. The van der Waals surface area contributed by atoms with E-state index in [1.165, 1.54) is 23.3 Å². The van der Waals surface area contributed by atoms with Crippen LogP contribution in [-0.2, 0) is 11.3 Å². The van der Waals surface area contributed by atoms with Crippen LogP contribution in [0.3, 0.4) is 0 Å². The molecular formula is C15H12N6O4. The molecule has 2 heterocycles. The Morgan fingerprint density at radius 2 is 2.04 bits per heavy atom. The van der Waals surface area contributed by atoms with Crippen LogP contribution >= 0.6 is 0 Å². The van der Waals surface area contributed by atoms with Crippen molar-refractivity contribution >= 4 is 17.3 Å². The minimum atomic E-state index is -0.572. The normalized spacial score (nSPS) is 10.2. The second-order valence-corrected chi connectivity index (χ2v) is 4.87. The second kappa shape index (κ2) is 7.17. The molecular weight excluding hydrogens is 328 g/mol. The highest BCUT2D eigenvalue weighted by Gasteiger charge is 2.11. The van der Waals surface area contributed by atoms with E-state index >= 15 is 0 Å². The molecule has 1 aromatic carbocycles. The minimum Gasteiger partial charge on any atom is -0.438 e. The second-order valence-electron chi connectivity index (χ2n) is 4.87. The monoisotopic (exact) mass is 340 g/mol. The van der Waals surface area contributed by atoms with Gasteiger partial charge in [-0.15, -0.1) is 0 Å². The van der Waals surface area contributed by atoms with Crippen molar-refractivity contribution in [1.82, 2.24) is 19.7 Å². The van der Waals surface area contributed by atoms with Gasteiger partial charge in [-0.3, -0.25) is 24.6 Å². The average molecular weight is 340 g/mol. The van der Waals surface area contributed by atoms with Crippen LogP contribution in [0.2, 0.25) is 0 Å². The van der Waals surface area contributed by atoms with Gasteiger partial charge in [0.1, 0.15) is 24.7 Å². The van der Waals surface area contributed by atoms with Crippen molar-refractivity contribution in [3.05, 3.63) is 65.4 Å². The molecule has 0 fully saturated rings. The van der Waals surface area contributed by atoms with Crippen molar-refractivity contribution < 1.29 is 14.5 Å². The van der Waals surface area contributed by atoms with E-state index in [9.17, 15) is 14.9 Å². The zero-order chi connectivity index (χ0) is 17.6. The molecule has 0 aliphatic carbocycles. The molecule has 3 aromatic rings. The fourth-order valence-corrected chi connectivity index (χ4v) is 1.95. The maximum absolute atomic E-state index is 11.9. The highest BCUT2D eigenvalue weighted by atomic mass is 16.6. The van der Waals surface area contributed by atoms with Gasteiger partial charge in [-0.1, -0.05) is 0 Å². The number of hydrogen-bond donors (Lipinski definition) is 1. The van der Waals surface area contributed by atoms with Crippen LogP contribution in [0, 0.1) is 10.1 Å². The average Bonchev–Trinajstić information content (AvgIpc) is 3.06. The van der Waals surface area contributed by atoms with Crippen LogP contribution in [0.4, 0.5) is 11.4 Å². The first-order valence-electron chi connectivity index (χ1n) is 7.11. The van der Waals surface area contributed by atoms with Crippen LogP contribution in [0.5, 0.6) is 11.6 Å². The lowest BCUT2D eigenvalue weighted by Crippen LogP contribution is -2.18. The highest BCUT2D eigenvalue weighted by molar-refractivity contribution is 5.90. The van der Waals surface area contributed by atoms with E-state index in [-0.39, 0.29) is 18.1 Å². The Bertz CT molecular complexity index is 879. The Morgan fingerprint density at radius 3 is 2.68 bits per heavy atom. The summed E-state index contributed by atoms with van der Waals surface area (Å²) < 4.78 is 6.69. The van der Waals surface area contributed by atoms with Gasteiger partial charge in [-0.25, -0.2) is 4.98 Å². The van der Waals surface area contributed by atoms with Gasteiger partial charge in [0, 0.05) is 18.1 Å². The van der Waals surface area contributed by atoms with E-state index in [1.807, 2.05) is 0 Å². The van der Waals surface area contributed by atoms with Crippen LogP contribution in [0.25, 0.3) is 0 Å². The van der Waals surface area contributed by atoms with Crippen molar-refractivity contribution in [2.24, 2.45) is 0 Å². The quantitative estimate of drug-likeness (QED) is 0.537. The molecule has 0 unspecified atom stereocenters. The van der Waals surface area contributed by atoms with Gasteiger partial charge >= 0.3 is 5.69 Å².